The number of rotatable bonds is 15. The molecule has 0 aromatic rings. The Morgan fingerprint density at radius 1 is 0.864 bits per heavy atom. The van der Waals surface area contributed by atoms with Crippen LogP contribution >= 0.6 is 0 Å². The fourth-order valence-corrected chi connectivity index (χ4v) is 2.81. The Labute approximate surface area is 138 Å². The molecule has 0 aromatic carbocycles. The Balaban J connectivity index is 3.34. The normalized spacial score (nSPS) is 11.6. The second kappa shape index (κ2) is 14.0. The molecule has 132 valence electrons. The van der Waals surface area contributed by atoms with E-state index in [9.17, 15) is 4.79 Å². The number of unbranched alkanes of at least 4 members (excludes halogenated alkanes) is 10. The van der Waals surface area contributed by atoms with Gasteiger partial charge in [-0.2, -0.15) is 0 Å². The van der Waals surface area contributed by atoms with Crippen LogP contribution in [0.4, 0.5) is 0 Å². The Hall–Kier alpha value is -0.570. The molecule has 22 heavy (non-hydrogen) atoms. The summed E-state index contributed by atoms with van der Waals surface area (Å²) in [6.45, 7) is 6.96. The van der Waals surface area contributed by atoms with Crippen molar-refractivity contribution >= 4 is 5.91 Å². The molecule has 3 heteroatoms. The lowest BCUT2D eigenvalue weighted by Crippen LogP contribution is -2.44. The van der Waals surface area contributed by atoms with Crippen LogP contribution in [0.2, 0.25) is 0 Å². The molecule has 0 radical (unpaired) electrons. The molecule has 0 aliphatic rings. The predicted molar refractivity (Wildman–Crippen MR) is 97.0 cm³/mol. The van der Waals surface area contributed by atoms with Crippen LogP contribution in [0.5, 0.6) is 0 Å². The molecule has 0 bridgehead atoms. The van der Waals surface area contributed by atoms with E-state index >= 15 is 0 Å². The van der Waals surface area contributed by atoms with Crippen LogP contribution in [0.3, 0.4) is 0 Å². The lowest BCUT2D eigenvalue weighted by atomic mass is 10.00. The molecular formula is C19H40N2O. The number of hydrogen-bond acceptors (Lipinski definition) is 2. The van der Waals surface area contributed by atoms with Crippen molar-refractivity contribution in [1.29, 1.82) is 0 Å². The summed E-state index contributed by atoms with van der Waals surface area (Å²) < 4.78 is 0. The quantitative estimate of drug-likeness (QED) is 0.421. The van der Waals surface area contributed by atoms with Crippen LogP contribution in [0, 0.1) is 0 Å². The first kappa shape index (κ1) is 21.4. The van der Waals surface area contributed by atoms with Crippen LogP contribution in [0.25, 0.3) is 0 Å². The maximum absolute atomic E-state index is 11.8. The highest BCUT2D eigenvalue weighted by Gasteiger charge is 2.18. The zero-order chi connectivity index (χ0) is 16.7. The molecule has 1 amide bonds. The predicted octanol–water partition coefficient (Wildman–Crippen LogP) is 4.93. The zero-order valence-corrected chi connectivity index (χ0v) is 15.4. The van der Waals surface area contributed by atoms with Crippen molar-refractivity contribution in [1.82, 2.24) is 5.32 Å². The number of carbonyl (C=O) groups is 1. The third-order valence-corrected chi connectivity index (χ3v) is 4.25. The number of nitrogens with two attached hydrogens (primary N) is 1. The first-order valence-electron chi connectivity index (χ1n) is 9.53. The molecule has 0 unspecified atom stereocenters. The van der Waals surface area contributed by atoms with Crippen molar-refractivity contribution in [2.45, 2.75) is 110 Å². The van der Waals surface area contributed by atoms with Gasteiger partial charge in [0, 0.05) is 12.0 Å². The molecule has 0 saturated heterocycles. The van der Waals surface area contributed by atoms with Crippen molar-refractivity contribution < 1.29 is 4.79 Å². The lowest BCUT2D eigenvalue weighted by molar-refractivity contribution is -0.122. The molecule has 0 saturated carbocycles. The Morgan fingerprint density at radius 3 is 1.77 bits per heavy atom. The number of carbonyl (C=O) groups excluding carboxylic acids is 1. The van der Waals surface area contributed by atoms with Gasteiger partial charge in [0.15, 0.2) is 0 Å². The van der Waals surface area contributed by atoms with Gasteiger partial charge in [0.1, 0.15) is 0 Å². The van der Waals surface area contributed by atoms with Crippen LogP contribution in [-0.4, -0.2) is 18.0 Å². The molecule has 0 rings (SSSR count). The molecular weight excluding hydrogens is 272 g/mol. The average Bonchev–Trinajstić information content (AvgIpc) is 2.44. The van der Waals surface area contributed by atoms with Crippen molar-refractivity contribution in [3.8, 4) is 0 Å². The summed E-state index contributed by atoms with van der Waals surface area (Å²) in [5.74, 6) is 0.175. The first-order valence-corrected chi connectivity index (χ1v) is 9.53. The second-order valence-electron chi connectivity index (χ2n) is 7.26. The average molecular weight is 313 g/mol. The SMILES string of the molecule is CCCCCCCCCCCCCC(=O)NC(C)(C)CCN. The van der Waals surface area contributed by atoms with Crippen LogP contribution in [-0.2, 0) is 4.79 Å². The number of hydrogen-bond donors (Lipinski definition) is 2. The molecule has 0 aliphatic carbocycles. The number of amides is 1. The van der Waals surface area contributed by atoms with Gasteiger partial charge < -0.3 is 11.1 Å². The Kier molecular flexibility index (Phi) is 13.7. The van der Waals surface area contributed by atoms with Gasteiger partial charge in [-0.25, -0.2) is 0 Å². The van der Waals surface area contributed by atoms with Gasteiger partial charge in [-0.05, 0) is 33.2 Å². The van der Waals surface area contributed by atoms with E-state index < -0.39 is 0 Å². The number of nitrogens with one attached hydrogen (secondary N) is 1. The molecule has 0 aromatic heterocycles. The first-order chi connectivity index (χ1) is 10.5. The van der Waals surface area contributed by atoms with Crippen molar-refractivity contribution in [2.75, 3.05) is 6.54 Å². The lowest BCUT2D eigenvalue weighted by Gasteiger charge is -2.25. The molecule has 0 fully saturated rings. The molecule has 0 aliphatic heterocycles. The van der Waals surface area contributed by atoms with Crippen molar-refractivity contribution in [2.24, 2.45) is 5.73 Å². The highest BCUT2D eigenvalue weighted by atomic mass is 16.1. The highest BCUT2D eigenvalue weighted by molar-refractivity contribution is 5.76. The maximum Gasteiger partial charge on any atom is 0.220 e. The van der Waals surface area contributed by atoms with Crippen LogP contribution in [0.15, 0.2) is 0 Å². The van der Waals surface area contributed by atoms with Gasteiger partial charge in [0.25, 0.3) is 0 Å². The third-order valence-electron chi connectivity index (χ3n) is 4.25. The van der Waals surface area contributed by atoms with E-state index in [0.29, 0.717) is 13.0 Å². The second-order valence-corrected chi connectivity index (χ2v) is 7.26. The van der Waals surface area contributed by atoms with Gasteiger partial charge >= 0.3 is 0 Å². The van der Waals surface area contributed by atoms with Crippen LogP contribution in [0.1, 0.15) is 104 Å². The maximum atomic E-state index is 11.8. The van der Waals surface area contributed by atoms with E-state index in [1.807, 2.05) is 13.8 Å². The minimum atomic E-state index is -0.163. The van der Waals surface area contributed by atoms with E-state index in [1.54, 1.807) is 0 Å². The molecule has 0 spiro atoms. The summed E-state index contributed by atoms with van der Waals surface area (Å²) in [6.07, 6.45) is 16.0. The minimum absolute atomic E-state index is 0.163. The van der Waals surface area contributed by atoms with Gasteiger partial charge in [-0.1, -0.05) is 71.1 Å². The summed E-state index contributed by atoms with van der Waals surface area (Å²) >= 11 is 0. The summed E-state index contributed by atoms with van der Waals surface area (Å²) in [5, 5.41) is 3.07. The summed E-state index contributed by atoms with van der Waals surface area (Å²) in [7, 11) is 0. The van der Waals surface area contributed by atoms with E-state index in [4.69, 9.17) is 5.73 Å². The molecule has 3 N–H and O–H groups in total. The summed E-state index contributed by atoms with van der Waals surface area (Å²) in [6, 6.07) is 0. The monoisotopic (exact) mass is 312 g/mol. The van der Waals surface area contributed by atoms with E-state index in [2.05, 4.69) is 12.2 Å². The standard InChI is InChI=1S/C19H40N2O/c1-4-5-6-7-8-9-10-11-12-13-14-15-18(22)21-19(2,3)16-17-20/h4-17,20H2,1-3H3,(H,21,22). The minimum Gasteiger partial charge on any atom is -0.351 e. The van der Waals surface area contributed by atoms with Gasteiger partial charge in [0.05, 0.1) is 0 Å². The molecule has 0 atom stereocenters. The van der Waals surface area contributed by atoms with Crippen molar-refractivity contribution in [3.05, 3.63) is 0 Å². The smallest absolute Gasteiger partial charge is 0.220 e. The largest absolute Gasteiger partial charge is 0.351 e. The fraction of sp³-hybridized carbons (Fsp3) is 0.947. The van der Waals surface area contributed by atoms with Gasteiger partial charge in [0.2, 0.25) is 5.91 Å². The van der Waals surface area contributed by atoms with Gasteiger partial charge in [-0.3, -0.25) is 4.79 Å². The van der Waals surface area contributed by atoms with Crippen LogP contribution < -0.4 is 11.1 Å². The van der Waals surface area contributed by atoms with E-state index in [1.165, 1.54) is 64.2 Å². The Bertz CT molecular complexity index is 264. The van der Waals surface area contributed by atoms with E-state index in [-0.39, 0.29) is 11.4 Å². The van der Waals surface area contributed by atoms with Crippen molar-refractivity contribution in [3.63, 3.8) is 0 Å². The third kappa shape index (κ3) is 14.4. The zero-order valence-electron chi connectivity index (χ0n) is 15.4. The molecule has 3 nitrogen and oxygen atoms in total. The fourth-order valence-electron chi connectivity index (χ4n) is 2.81. The Morgan fingerprint density at radius 2 is 1.32 bits per heavy atom. The highest BCUT2D eigenvalue weighted by Crippen LogP contribution is 2.12. The topological polar surface area (TPSA) is 55.1 Å². The van der Waals surface area contributed by atoms with Gasteiger partial charge in [-0.15, -0.1) is 0 Å². The summed E-state index contributed by atoms with van der Waals surface area (Å²) in [4.78, 5) is 11.8. The van der Waals surface area contributed by atoms with E-state index in [0.717, 1.165) is 12.8 Å². The molecule has 0 heterocycles. The summed E-state index contributed by atoms with van der Waals surface area (Å²) in [5.41, 5.74) is 5.39.